The van der Waals surface area contributed by atoms with E-state index >= 15 is 0 Å². The van der Waals surface area contributed by atoms with Crippen molar-refractivity contribution in [3.63, 3.8) is 0 Å². The van der Waals surface area contributed by atoms with Gasteiger partial charge in [-0.05, 0) is 42.5 Å². The van der Waals surface area contributed by atoms with Crippen LogP contribution in [0.4, 0.5) is 0 Å². The number of thiophene rings is 1. The standard InChI is InChI=1S/C20H22N2O2S/c1-12-6-13(2)11-22(10-12)20(23)18-8-15-7-14-4-5-16(24-3)9-17(14)21-19(15)25-18/h4-5,7-9,12-13H,6,10-11H2,1-3H3/t12-,13-/m0/s1. The number of piperidine rings is 1. The Bertz CT molecular complexity index is 939. The summed E-state index contributed by atoms with van der Waals surface area (Å²) in [5.41, 5.74) is 0.896. The molecule has 0 bridgehead atoms. The molecular formula is C20H22N2O2S. The van der Waals surface area contributed by atoms with Crippen molar-refractivity contribution >= 4 is 38.4 Å². The van der Waals surface area contributed by atoms with Crippen molar-refractivity contribution in [3.05, 3.63) is 35.2 Å². The molecule has 4 nitrogen and oxygen atoms in total. The number of carbonyl (C=O) groups excluding carboxylic acids is 1. The normalized spacial score (nSPS) is 21.0. The third-order valence-corrected chi connectivity index (χ3v) is 5.91. The highest BCUT2D eigenvalue weighted by Crippen LogP contribution is 2.31. The Morgan fingerprint density at radius 1 is 1.16 bits per heavy atom. The Labute approximate surface area is 151 Å². The van der Waals surface area contributed by atoms with E-state index < -0.39 is 0 Å². The van der Waals surface area contributed by atoms with E-state index in [1.165, 1.54) is 17.8 Å². The lowest BCUT2D eigenvalue weighted by atomic mass is 9.92. The average molecular weight is 354 g/mol. The Kier molecular flexibility index (Phi) is 4.12. The van der Waals surface area contributed by atoms with Gasteiger partial charge in [-0.3, -0.25) is 4.79 Å². The Balaban J connectivity index is 1.70. The van der Waals surface area contributed by atoms with Gasteiger partial charge in [0.05, 0.1) is 17.5 Å². The zero-order chi connectivity index (χ0) is 17.6. The number of rotatable bonds is 2. The Morgan fingerprint density at radius 2 is 1.92 bits per heavy atom. The fraction of sp³-hybridized carbons (Fsp3) is 0.400. The molecule has 0 N–H and O–H groups in total. The van der Waals surface area contributed by atoms with E-state index in [4.69, 9.17) is 9.72 Å². The molecule has 1 aromatic carbocycles. The van der Waals surface area contributed by atoms with Crippen LogP contribution in [0, 0.1) is 11.8 Å². The van der Waals surface area contributed by atoms with Crippen molar-refractivity contribution in [1.29, 1.82) is 0 Å². The molecule has 0 spiro atoms. The minimum atomic E-state index is 0.142. The Morgan fingerprint density at radius 3 is 2.64 bits per heavy atom. The van der Waals surface area contributed by atoms with Gasteiger partial charge < -0.3 is 9.64 Å². The first-order valence-electron chi connectivity index (χ1n) is 8.71. The van der Waals surface area contributed by atoms with Gasteiger partial charge in [-0.15, -0.1) is 11.3 Å². The zero-order valence-electron chi connectivity index (χ0n) is 14.8. The van der Waals surface area contributed by atoms with Crippen LogP contribution in [0.25, 0.3) is 21.1 Å². The van der Waals surface area contributed by atoms with Crippen molar-refractivity contribution < 1.29 is 9.53 Å². The maximum Gasteiger partial charge on any atom is 0.264 e. The number of benzene rings is 1. The van der Waals surface area contributed by atoms with Crippen LogP contribution in [0.5, 0.6) is 5.75 Å². The number of carbonyl (C=O) groups is 1. The summed E-state index contributed by atoms with van der Waals surface area (Å²) in [6.45, 7) is 6.15. The number of hydrogen-bond donors (Lipinski definition) is 0. The SMILES string of the molecule is COc1ccc2cc3cc(C(=O)N4C[C@@H](C)C[C@H](C)C4)sc3nc2c1. The second-order valence-electron chi connectivity index (χ2n) is 7.21. The molecule has 0 radical (unpaired) electrons. The minimum Gasteiger partial charge on any atom is -0.497 e. The van der Waals surface area contributed by atoms with Crippen LogP contribution in [-0.4, -0.2) is 36.0 Å². The molecule has 1 aliphatic heterocycles. The molecule has 4 rings (SSSR count). The van der Waals surface area contributed by atoms with E-state index in [-0.39, 0.29) is 5.91 Å². The molecule has 0 saturated carbocycles. The highest BCUT2D eigenvalue weighted by Gasteiger charge is 2.27. The molecule has 0 aliphatic carbocycles. The summed E-state index contributed by atoms with van der Waals surface area (Å²) in [5, 5.41) is 2.09. The molecule has 1 aliphatic rings. The lowest BCUT2D eigenvalue weighted by Crippen LogP contribution is -2.42. The van der Waals surface area contributed by atoms with Crippen molar-refractivity contribution in [2.24, 2.45) is 11.8 Å². The smallest absolute Gasteiger partial charge is 0.264 e. The summed E-state index contributed by atoms with van der Waals surface area (Å²) in [4.78, 5) is 21.4. The molecule has 1 saturated heterocycles. The second-order valence-corrected chi connectivity index (χ2v) is 8.24. The number of methoxy groups -OCH3 is 1. The van der Waals surface area contributed by atoms with E-state index in [1.54, 1.807) is 7.11 Å². The van der Waals surface area contributed by atoms with Crippen LogP contribution in [-0.2, 0) is 0 Å². The minimum absolute atomic E-state index is 0.142. The van der Waals surface area contributed by atoms with Crippen molar-refractivity contribution in [1.82, 2.24) is 9.88 Å². The summed E-state index contributed by atoms with van der Waals surface area (Å²) in [6.07, 6.45) is 1.20. The van der Waals surface area contributed by atoms with Gasteiger partial charge in [0.25, 0.3) is 5.91 Å². The predicted molar refractivity (Wildman–Crippen MR) is 103 cm³/mol. The highest BCUT2D eigenvalue weighted by molar-refractivity contribution is 7.20. The summed E-state index contributed by atoms with van der Waals surface area (Å²) in [6, 6.07) is 9.97. The van der Waals surface area contributed by atoms with Gasteiger partial charge in [0, 0.05) is 29.9 Å². The molecule has 3 aromatic rings. The lowest BCUT2D eigenvalue weighted by molar-refractivity contribution is 0.0628. The van der Waals surface area contributed by atoms with Crippen LogP contribution in [0.3, 0.4) is 0 Å². The quantitative estimate of drug-likeness (QED) is 0.677. The number of ether oxygens (including phenoxy) is 1. The van der Waals surface area contributed by atoms with Crippen molar-refractivity contribution in [3.8, 4) is 5.75 Å². The molecule has 130 valence electrons. The number of likely N-dealkylation sites (tertiary alicyclic amines) is 1. The van der Waals surface area contributed by atoms with Crippen molar-refractivity contribution in [2.45, 2.75) is 20.3 Å². The van der Waals surface area contributed by atoms with Gasteiger partial charge in [0.1, 0.15) is 10.6 Å². The Hall–Kier alpha value is -2.14. The van der Waals surface area contributed by atoms with Crippen LogP contribution in [0.15, 0.2) is 30.3 Å². The number of amides is 1. The number of fused-ring (bicyclic) bond motifs is 2. The van der Waals surface area contributed by atoms with Crippen LogP contribution in [0.1, 0.15) is 29.9 Å². The van der Waals surface area contributed by atoms with Crippen molar-refractivity contribution in [2.75, 3.05) is 20.2 Å². The second kappa shape index (κ2) is 6.30. The molecule has 3 heterocycles. The fourth-order valence-electron chi connectivity index (χ4n) is 3.82. The predicted octanol–water partition coefficient (Wildman–Crippen LogP) is 4.58. The molecule has 2 atom stereocenters. The van der Waals surface area contributed by atoms with Crippen LogP contribution < -0.4 is 4.74 Å². The average Bonchev–Trinajstić information content (AvgIpc) is 3.00. The highest BCUT2D eigenvalue weighted by atomic mass is 32.1. The summed E-state index contributed by atoms with van der Waals surface area (Å²) < 4.78 is 5.28. The maximum atomic E-state index is 12.9. The van der Waals surface area contributed by atoms with Gasteiger partial charge in [-0.2, -0.15) is 0 Å². The monoisotopic (exact) mass is 354 g/mol. The van der Waals surface area contributed by atoms with E-state index in [2.05, 4.69) is 19.9 Å². The van der Waals surface area contributed by atoms with Gasteiger partial charge in [0.2, 0.25) is 0 Å². The molecule has 25 heavy (non-hydrogen) atoms. The van der Waals surface area contributed by atoms with Gasteiger partial charge >= 0.3 is 0 Å². The van der Waals surface area contributed by atoms with Crippen LogP contribution in [0.2, 0.25) is 0 Å². The van der Waals surface area contributed by atoms with E-state index in [1.807, 2.05) is 29.2 Å². The first-order valence-corrected chi connectivity index (χ1v) is 9.52. The third kappa shape index (κ3) is 3.09. The number of nitrogens with zero attached hydrogens (tertiary/aromatic N) is 2. The first kappa shape index (κ1) is 16.3. The molecule has 2 aromatic heterocycles. The van der Waals surface area contributed by atoms with Gasteiger partial charge in [0.15, 0.2) is 0 Å². The zero-order valence-corrected chi connectivity index (χ0v) is 15.6. The fourth-order valence-corrected chi connectivity index (χ4v) is 4.81. The summed E-state index contributed by atoms with van der Waals surface area (Å²) >= 11 is 1.49. The van der Waals surface area contributed by atoms with E-state index in [9.17, 15) is 4.79 Å². The number of hydrogen-bond acceptors (Lipinski definition) is 4. The molecule has 1 fully saturated rings. The van der Waals surface area contributed by atoms with E-state index in [0.29, 0.717) is 11.8 Å². The van der Waals surface area contributed by atoms with E-state index in [0.717, 1.165) is 44.8 Å². The van der Waals surface area contributed by atoms with Gasteiger partial charge in [-0.25, -0.2) is 4.98 Å². The lowest BCUT2D eigenvalue weighted by Gasteiger charge is -2.34. The molecule has 5 heteroatoms. The van der Waals surface area contributed by atoms with Gasteiger partial charge in [-0.1, -0.05) is 13.8 Å². The largest absolute Gasteiger partial charge is 0.497 e. The molecule has 1 amide bonds. The van der Waals surface area contributed by atoms with Crippen LogP contribution >= 0.6 is 11.3 Å². The number of pyridine rings is 1. The summed E-state index contributed by atoms with van der Waals surface area (Å²) in [5.74, 6) is 2.07. The molecular weight excluding hydrogens is 332 g/mol. The summed E-state index contributed by atoms with van der Waals surface area (Å²) in [7, 11) is 1.65. The first-order chi connectivity index (χ1) is 12.0. The topological polar surface area (TPSA) is 42.4 Å². The number of aromatic nitrogens is 1. The third-order valence-electron chi connectivity index (χ3n) is 4.88. The maximum absolute atomic E-state index is 12.9. The molecule has 0 unspecified atom stereocenters.